The molecule has 1 aliphatic heterocycles. The standard InChI is InChI=1S/C25H25F4N3O3/c26-19-9-7-17(8-10-19)13-32(14-18-4-1-2-6-21(18)25(27,28)29)15-23-31-22(16-35-23)24(33)30-12-20-5-3-11-34-20/h1-2,4,6-10,16,20H,3,5,11-15H2,(H,30,33)/t20-/m0/s1. The molecule has 1 aliphatic rings. The Hall–Kier alpha value is -3.24. The van der Waals surface area contributed by atoms with Crippen LogP contribution in [-0.2, 0) is 30.5 Å². The SMILES string of the molecule is O=C(NC[C@@H]1CCCO1)c1coc(CN(Cc2ccc(F)cc2)Cc2ccccc2C(F)(F)F)n1. The molecule has 10 heteroatoms. The number of nitrogens with one attached hydrogen (secondary N) is 1. The van der Waals surface area contributed by atoms with E-state index in [0.717, 1.165) is 18.9 Å². The number of amides is 1. The maximum Gasteiger partial charge on any atom is 0.416 e. The molecule has 1 amide bonds. The van der Waals surface area contributed by atoms with Gasteiger partial charge in [-0.3, -0.25) is 9.69 Å². The van der Waals surface area contributed by atoms with E-state index >= 15 is 0 Å². The number of hydrogen-bond donors (Lipinski definition) is 1. The minimum Gasteiger partial charge on any atom is -0.447 e. The van der Waals surface area contributed by atoms with Crippen molar-refractivity contribution in [2.75, 3.05) is 13.2 Å². The van der Waals surface area contributed by atoms with Crippen molar-refractivity contribution in [2.24, 2.45) is 0 Å². The molecule has 35 heavy (non-hydrogen) atoms. The lowest BCUT2D eigenvalue weighted by molar-refractivity contribution is -0.138. The highest BCUT2D eigenvalue weighted by molar-refractivity contribution is 5.91. The van der Waals surface area contributed by atoms with Crippen LogP contribution in [0.5, 0.6) is 0 Å². The number of carbonyl (C=O) groups is 1. The van der Waals surface area contributed by atoms with Crippen molar-refractivity contribution >= 4 is 5.91 Å². The summed E-state index contributed by atoms with van der Waals surface area (Å²) in [5.41, 5.74) is 0.140. The molecule has 0 bridgehead atoms. The fourth-order valence-corrected chi connectivity index (χ4v) is 3.97. The van der Waals surface area contributed by atoms with E-state index in [-0.39, 0.29) is 42.9 Å². The van der Waals surface area contributed by atoms with Gasteiger partial charge in [-0.15, -0.1) is 0 Å². The second-order valence-corrected chi connectivity index (χ2v) is 8.40. The van der Waals surface area contributed by atoms with Gasteiger partial charge in [0.05, 0.1) is 18.2 Å². The highest BCUT2D eigenvalue weighted by Crippen LogP contribution is 2.32. The molecular formula is C25H25F4N3O3. The third-order valence-electron chi connectivity index (χ3n) is 5.69. The number of benzene rings is 2. The summed E-state index contributed by atoms with van der Waals surface area (Å²) >= 11 is 0. The van der Waals surface area contributed by atoms with Crippen LogP contribution in [0.1, 0.15) is 45.9 Å². The Bertz CT molecular complexity index is 1130. The minimum atomic E-state index is -4.50. The number of alkyl halides is 3. The normalized spacial score (nSPS) is 16.1. The third-order valence-corrected chi connectivity index (χ3v) is 5.69. The molecule has 0 saturated carbocycles. The Morgan fingerprint density at radius 2 is 1.86 bits per heavy atom. The van der Waals surface area contributed by atoms with Crippen molar-refractivity contribution in [3.8, 4) is 0 Å². The first kappa shape index (κ1) is 24.9. The number of halogens is 4. The fraction of sp³-hybridized carbons (Fsp3) is 0.360. The Morgan fingerprint density at radius 3 is 2.57 bits per heavy atom. The van der Waals surface area contributed by atoms with Crippen molar-refractivity contribution in [3.05, 3.63) is 88.9 Å². The van der Waals surface area contributed by atoms with Gasteiger partial charge in [-0.2, -0.15) is 13.2 Å². The molecule has 6 nitrogen and oxygen atoms in total. The largest absolute Gasteiger partial charge is 0.447 e. The Labute approximate surface area is 199 Å². The highest BCUT2D eigenvalue weighted by Gasteiger charge is 2.33. The van der Waals surface area contributed by atoms with Crippen molar-refractivity contribution in [3.63, 3.8) is 0 Å². The van der Waals surface area contributed by atoms with E-state index in [4.69, 9.17) is 9.15 Å². The Kier molecular flexibility index (Phi) is 7.82. The summed E-state index contributed by atoms with van der Waals surface area (Å²) in [5.74, 6) is -0.643. The predicted molar refractivity (Wildman–Crippen MR) is 119 cm³/mol. The van der Waals surface area contributed by atoms with E-state index in [9.17, 15) is 22.4 Å². The molecule has 4 rings (SSSR count). The van der Waals surface area contributed by atoms with E-state index in [2.05, 4.69) is 10.3 Å². The molecule has 2 aromatic carbocycles. The first-order valence-corrected chi connectivity index (χ1v) is 11.2. The predicted octanol–water partition coefficient (Wildman–Crippen LogP) is 4.94. The summed E-state index contributed by atoms with van der Waals surface area (Å²) < 4.78 is 64.9. The van der Waals surface area contributed by atoms with E-state index in [1.807, 2.05) is 0 Å². The zero-order valence-corrected chi connectivity index (χ0v) is 18.9. The van der Waals surface area contributed by atoms with Crippen LogP contribution in [0.4, 0.5) is 17.6 Å². The van der Waals surface area contributed by atoms with Gasteiger partial charge in [0, 0.05) is 26.2 Å². The average molecular weight is 491 g/mol. The van der Waals surface area contributed by atoms with Gasteiger partial charge in [-0.25, -0.2) is 9.37 Å². The second kappa shape index (κ2) is 11.0. The lowest BCUT2D eigenvalue weighted by Crippen LogP contribution is -2.32. The molecule has 2 heterocycles. The molecule has 1 aromatic heterocycles. The maximum atomic E-state index is 13.5. The topological polar surface area (TPSA) is 67.6 Å². The minimum absolute atomic E-state index is 0.0229. The number of aromatic nitrogens is 1. The van der Waals surface area contributed by atoms with Crippen LogP contribution in [-0.4, -0.2) is 35.0 Å². The van der Waals surface area contributed by atoms with Crippen LogP contribution in [0.15, 0.2) is 59.2 Å². The Balaban J connectivity index is 1.49. The molecule has 1 N–H and O–H groups in total. The number of carbonyl (C=O) groups excluding carboxylic acids is 1. The van der Waals surface area contributed by atoms with Crippen molar-refractivity contribution in [1.29, 1.82) is 0 Å². The van der Waals surface area contributed by atoms with Crippen LogP contribution in [0, 0.1) is 5.82 Å². The average Bonchev–Trinajstić information content (AvgIpc) is 3.51. The van der Waals surface area contributed by atoms with E-state index in [0.29, 0.717) is 18.7 Å². The van der Waals surface area contributed by atoms with Gasteiger partial charge in [0.15, 0.2) is 5.69 Å². The molecule has 0 aliphatic carbocycles. The lowest BCUT2D eigenvalue weighted by atomic mass is 10.1. The molecule has 1 atom stereocenters. The number of oxazole rings is 1. The van der Waals surface area contributed by atoms with Crippen LogP contribution in [0.25, 0.3) is 0 Å². The monoisotopic (exact) mass is 491 g/mol. The van der Waals surface area contributed by atoms with Gasteiger partial charge < -0.3 is 14.5 Å². The van der Waals surface area contributed by atoms with Crippen LogP contribution >= 0.6 is 0 Å². The van der Waals surface area contributed by atoms with Gasteiger partial charge in [-0.1, -0.05) is 30.3 Å². The molecule has 0 spiro atoms. The van der Waals surface area contributed by atoms with Crippen LogP contribution < -0.4 is 5.32 Å². The summed E-state index contributed by atoms with van der Waals surface area (Å²) in [6.07, 6.45) is -1.47. The zero-order valence-electron chi connectivity index (χ0n) is 18.9. The summed E-state index contributed by atoms with van der Waals surface area (Å²) in [4.78, 5) is 18.3. The molecule has 3 aromatic rings. The summed E-state index contributed by atoms with van der Waals surface area (Å²) in [6.45, 7) is 1.25. The number of nitrogens with zero attached hydrogens (tertiary/aromatic N) is 2. The molecule has 1 saturated heterocycles. The summed E-state index contributed by atoms with van der Waals surface area (Å²) in [5, 5.41) is 2.76. The van der Waals surface area contributed by atoms with Crippen molar-refractivity contribution < 1.29 is 31.5 Å². The number of ether oxygens (including phenoxy) is 1. The van der Waals surface area contributed by atoms with Gasteiger partial charge >= 0.3 is 6.18 Å². The first-order valence-electron chi connectivity index (χ1n) is 11.2. The lowest BCUT2D eigenvalue weighted by Gasteiger charge is -2.23. The van der Waals surface area contributed by atoms with Gasteiger partial charge in [0.1, 0.15) is 12.1 Å². The number of hydrogen-bond acceptors (Lipinski definition) is 5. The van der Waals surface area contributed by atoms with Crippen LogP contribution in [0.2, 0.25) is 0 Å². The fourth-order valence-electron chi connectivity index (χ4n) is 3.97. The number of rotatable bonds is 9. The first-order chi connectivity index (χ1) is 16.8. The highest BCUT2D eigenvalue weighted by atomic mass is 19.4. The molecule has 186 valence electrons. The van der Waals surface area contributed by atoms with E-state index in [1.165, 1.54) is 30.5 Å². The van der Waals surface area contributed by atoms with Gasteiger partial charge in [-0.05, 0) is 42.2 Å². The molecule has 0 unspecified atom stereocenters. The zero-order chi connectivity index (χ0) is 24.8. The summed E-state index contributed by atoms with van der Waals surface area (Å²) in [6, 6.07) is 11.0. The van der Waals surface area contributed by atoms with E-state index in [1.54, 1.807) is 23.1 Å². The smallest absolute Gasteiger partial charge is 0.416 e. The molecule has 0 radical (unpaired) electrons. The van der Waals surface area contributed by atoms with Gasteiger partial charge in [0.25, 0.3) is 5.91 Å². The second-order valence-electron chi connectivity index (χ2n) is 8.40. The Morgan fingerprint density at radius 1 is 1.09 bits per heavy atom. The van der Waals surface area contributed by atoms with Crippen LogP contribution in [0.3, 0.4) is 0 Å². The quantitative estimate of drug-likeness (QED) is 0.430. The van der Waals surface area contributed by atoms with Gasteiger partial charge in [0.2, 0.25) is 5.89 Å². The van der Waals surface area contributed by atoms with Crippen molar-refractivity contribution in [2.45, 2.75) is 44.8 Å². The van der Waals surface area contributed by atoms with Crippen molar-refractivity contribution in [1.82, 2.24) is 15.2 Å². The third kappa shape index (κ3) is 6.89. The maximum absolute atomic E-state index is 13.5. The summed E-state index contributed by atoms with van der Waals surface area (Å²) in [7, 11) is 0. The molecular weight excluding hydrogens is 466 g/mol. The molecule has 1 fully saturated rings. The van der Waals surface area contributed by atoms with E-state index < -0.39 is 23.5 Å².